The van der Waals surface area contributed by atoms with Crippen LogP contribution in [0.5, 0.6) is 0 Å². The van der Waals surface area contributed by atoms with Crippen LogP contribution >= 0.6 is 11.8 Å². The molecular formula is C30H35N3O3S. The monoisotopic (exact) mass is 517 g/mol. The summed E-state index contributed by atoms with van der Waals surface area (Å²) in [6.07, 6.45) is 5.17. The van der Waals surface area contributed by atoms with Crippen LogP contribution in [-0.2, 0) is 16.1 Å². The smallest absolute Gasteiger partial charge is 0.332 e. The van der Waals surface area contributed by atoms with Crippen LogP contribution in [0.3, 0.4) is 0 Å². The SMILES string of the molecule is CCN(Cc1ccccc1)C(=O)CN1C(=O)N(c2ccc(C)c(C)c2)C(=O)C2C3=C(CCCCC3)SC21. The van der Waals surface area contributed by atoms with E-state index in [1.165, 1.54) is 15.4 Å². The number of carbonyl (C=O) groups excluding carboxylic acids is 3. The summed E-state index contributed by atoms with van der Waals surface area (Å²) in [4.78, 5) is 47.6. The van der Waals surface area contributed by atoms with Gasteiger partial charge in [0.15, 0.2) is 0 Å². The first-order valence-corrected chi connectivity index (χ1v) is 14.2. The minimum atomic E-state index is -0.399. The van der Waals surface area contributed by atoms with Crippen LogP contribution in [-0.4, -0.2) is 46.1 Å². The van der Waals surface area contributed by atoms with Gasteiger partial charge >= 0.3 is 6.03 Å². The van der Waals surface area contributed by atoms with Crippen molar-refractivity contribution in [1.82, 2.24) is 9.80 Å². The number of hydrogen-bond acceptors (Lipinski definition) is 4. The Morgan fingerprint density at radius 2 is 1.76 bits per heavy atom. The van der Waals surface area contributed by atoms with Crippen molar-refractivity contribution in [2.45, 2.75) is 64.8 Å². The largest absolute Gasteiger partial charge is 0.337 e. The molecule has 3 aliphatic rings. The summed E-state index contributed by atoms with van der Waals surface area (Å²) >= 11 is 1.64. The van der Waals surface area contributed by atoms with Crippen molar-refractivity contribution in [2.24, 2.45) is 5.92 Å². The van der Waals surface area contributed by atoms with Crippen LogP contribution in [0.4, 0.5) is 10.5 Å². The second kappa shape index (κ2) is 10.7. The molecule has 0 radical (unpaired) electrons. The highest BCUT2D eigenvalue weighted by Gasteiger charge is 2.53. The molecule has 0 saturated carbocycles. The van der Waals surface area contributed by atoms with E-state index in [0.29, 0.717) is 18.8 Å². The topological polar surface area (TPSA) is 60.9 Å². The minimum absolute atomic E-state index is 0.0388. The maximum Gasteiger partial charge on any atom is 0.332 e. The van der Waals surface area contributed by atoms with Gasteiger partial charge in [0.1, 0.15) is 6.54 Å². The van der Waals surface area contributed by atoms with Crippen molar-refractivity contribution >= 4 is 35.3 Å². The van der Waals surface area contributed by atoms with E-state index in [0.717, 1.165) is 48.8 Å². The molecule has 0 N–H and O–H groups in total. The third kappa shape index (κ3) is 4.93. The molecule has 0 spiro atoms. The van der Waals surface area contributed by atoms with Crippen LogP contribution in [0.2, 0.25) is 0 Å². The summed E-state index contributed by atoms with van der Waals surface area (Å²) in [5.74, 6) is -0.650. The number of urea groups is 1. The molecule has 1 fully saturated rings. The lowest BCUT2D eigenvalue weighted by molar-refractivity contribution is -0.133. The van der Waals surface area contributed by atoms with E-state index < -0.39 is 11.9 Å². The molecule has 2 aromatic rings. The third-order valence-corrected chi connectivity index (χ3v) is 9.39. The first-order chi connectivity index (χ1) is 17.9. The molecule has 5 rings (SSSR count). The summed E-state index contributed by atoms with van der Waals surface area (Å²) < 4.78 is 0. The Morgan fingerprint density at radius 3 is 2.49 bits per heavy atom. The summed E-state index contributed by atoms with van der Waals surface area (Å²) in [5, 5.41) is -0.356. The lowest BCUT2D eigenvalue weighted by Gasteiger charge is -2.42. The minimum Gasteiger partial charge on any atom is -0.337 e. The highest BCUT2D eigenvalue weighted by molar-refractivity contribution is 8.04. The molecule has 2 atom stereocenters. The second-order valence-corrected chi connectivity index (χ2v) is 11.5. The lowest BCUT2D eigenvalue weighted by Crippen LogP contribution is -2.62. The molecule has 1 aliphatic carbocycles. The fourth-order valence-corrected chi connectivity index (χ4v) is 7.24. The van der Waals surface area contributed by atoms with E-state index in [2.05, 4.69) is 0 Å². The van der Waals surface area contributed by atoms with Crippen LogP contribution in [0, 0.1) is 19.8 Å². The molecule has 0 bridgehead atoms. The average Bonchev–Trinajstić information content (AvgIpc) is 3.10. The Labute approximate surface area is 223 Å². The van der Waals surface area contributed by atoms with Gasteiger partial charge in [-0.2, -0.15) is 0 Å². The number of imide groups is 1. The Balaban J connectivity index is 1.47. The molecule has 2 aliphatic heterocycles. The van der Waals surface area contributed by atoms with Crippen molar-refractivity contribution in [2.75, 3.05) is 18.0 Å². The van der Waals surface area contributed by atoms with Crippen LogP contribution in [0.15, 0.2) is 59.0 Å². The molecule has 2 aromatic carbocycles. The number of anilines is 1. The Hall–Kier alpha value is -3.06. The van der Waals surface area contributed by atoms with Crippen molar-refractivity contribution in [3.63, 3.8) is 0 Å². The summed E-state index contributed by atoms with van der Waals surface area (Å²) in [7, 11) is 0. The third-order valence-electron chi connectivity index (χ3n) is 7.87. The predicted molar refractivity (Wildman–Crippen MR) is 148 cm³/mol. The fourth-order valence-electron chi connectivity index (χ4n) is 5.60. The highest BCUT2D eigenvalue weighted by Crippen LogP contribution is 2.52. The Morgan fingerprint density at radius 1 is 1.00 bits per heavy atom. The van der Waals surface area contributed by atoms with Gasteiger partial charge in [0.05, 0.1) is 17.0 Å². The van der Waals surface area contributed by atoms with E-state index in [1.807, 2.05) is 69.3 Å². The lowest BCUT2D eigenvalue weighted by atomic mass is 9.91. The predicted octanol–water partition coefficient (Wildman–Crippen LogP) is 6.03. The maximum atomic E-state index is 14.0. The average molecular weight is 518 g/mol. The van der Waals surface area contributed by atoms with Crippen LogP contribution < -0.4 is 4.90 Å². The van der Waals surface area contributed by atoms with E-state index in [-0.39, 0.29) is 23.7 Å². The van der Waals surface area contributed by atoms with Gasteiger partial charge in [-0.15, -0.1) is 11.8 Å². The van der Waals surface area contributed by atoms with Gasteiger partial charge in [0.25, 0.3) is 0 Å². The van der Waals surface area contributed by atoms with Gasteiger partial charge < -0.3 is 9.80 Å². The van der Waals surface area contributed by atoms with Gasteiger partial charge in [-0.25, -0.2) is 9.69 Å². The van der Waals surface area contributed by atoms with Crippen LogP contribution in [0.1, 0.15) is 55.7 Å². The number of rotatable bonds is 6. The Kier molecular flexibility index (Phi) is 7.43. The number of thioether (sulfide) groups is 1. The molecule has 6 nitrogen and oxygen atoms in total. The van der Waals surface area contributed by atoms with Gasteiger partial charge in [-0.3, -0.25) is 9.59 Å². The molecule has 1 saturated heterocycles. The van der Waals surface area contributed by atoms with Gasteiger partial charge in [-0.05, 0) is 85.8 Å². The molecule has 2 unspecified atom stereocenters. The zero-order chi connectivity index (χ0) is 26.1. The number of likely N-dealkylation sites (N-methyl/N-ethyl adjacent to an activating group) is 1. The molecule has 194 valence electrons. The van der Waals surface area contributed by atoms with Crippen molar-refractivity contribution in [1.29, 1.82) is 0 Å². The molecule has 0 aromatic heterocycles. The summed E-state index contributed by atoms with van der Waals surface area (Å²) in [6.45, 7) is 6.97. The van der Waals surface area contributed by atoms with Crippen molar-refractivity contribution < 1.29 is 14.4 Å². The number of allylic oxidation sites excluding steroid dienone is 1. The first kappa shape index (κ1) is 25.6. The number of fused-ring (bicyclic) bond motifs is 2. The van der Waals surface area contributed by atoms with Crippen LogP contribution in [0.25, 0.3) is 0 Å². The van der Waals surface area contributed by atoms with E-state index in [4.69, 9.17) is 0 Å². The normalized spacial score (nSPS) is 21.6. The Bertz CT molecular complexity index is 1240. The number of amides is 4. The zero-order valence-corrected chi connectivity index (χ0v) is 22.7. The summed E-state index contributed by atoms with van der Waals surface area (Å²) in [6, 6.07) is 15.2. The standard InChI is InChI=1S/C30H35N3O3S/c1-4-31(18-22-11-7-5-8-12-22)26(34)19-32-29-27(24-13-9-6-10-14-25(24)37-29)28(35)33(30(32)36)23-16-15-20(2)21(3)17-23/h5,7-8,11-12,15-17,27,29H,4,6,9-10,13-14,18-19H2,1-3H3. The molecular weight excluding hydrogens is 482 g/mol. The second-order valence-electron chi connectivity index (χ2n) is 10.2. The van der Waals surface area contributed by atoms with E-state index >= 15 is 0 Å². The number of benzene rings is 2. The van der Waals surface area contributed by atoms with E-state index in [9.17, 15) is 14.4 Å². The molecule has 7 heteroatoms. The van der Waals surface area contributed by atoms with Crippen molar-refractivity contribution in [3.8, 4) is 0 Å². The molecule has 2 heterocycles. The number of aryl methyl sites for hydroxylation is 2. The van der Waals surface area contributed by atoms with Gasteiger partial charge in [0.2, 0.25) is 11.8 Å². The quantitative estimate of drug-likeness (QED) is 0.470. The zero-order valence-electron chi connectivity index (χ0n) is 21.9. The first-order valence-electron chi connectivity index (χ1n) is 13.3. The number of nitrogens with zero attached hydrogens (tertiary/aromatic N) is 3. The van der Waals surface area contributed by atoms with Gasteiger partial charge in [0, 0.05) is 13.1 Å². The summed E-state index contributed by atoms with van der Waals surface area (Å²) in [5.41, 5.74) is 4.95. The fraction of sp³-hybridized carbons (Fsp3) is 0.433. The van der Waals surface area contributed by atoms with Gasteiger partial charge in [-0.1, -0.05) is 42.8 Å². The maximum absolute atomic E-state index is 14.0. The number of carbonyl (C=O) groups is 3. The van der Waals surface area contributed by atoms with E-state index in [1.54, 1.807) is 21.6 Å². The molecule has 4 amide bonds. The highest BCUT2D eigenvalue weighted by atomic mass is 32.2. The van der Waals surface area contributed by atoms with Crippen molar-refractivity contribution in [3.05, 3.63) is 75.7 Å². The molecule has 37 heavy (non-hydrogen) atoms. The number of hydrogen-bond donors (Lipinski definition) is 0.